The Morgan fingerprint density at radius 1 is 0.871 bits per heavy atom. The third-order valence-corrected chi connectivity index (χ3v) is 4.69. The van der Waals surface area contributed by atoms with Crippen LogP contribution >= 0.6 is 0 Å². The first-order valence-electron chi connectivity index (χ1n) is 9.13. The SMILES string of the molecule is Cc1cccc(-c2n[nH]nc2-c2ccc3ncc(-c4cn[nH]c4C(F)(F)F)cc3n2)n1. The first kappa shape index (κ1) is 18.9. The van der Waals surface area contributed by atoms with Gasteiger partial charge in [-0.05, 0) is 37.3 Å². The van der Waals surface area contributed by atoms with E-state index < -0.39 is 11.9 Å². The molecule has 0 amide bonds. The number of aromatic amines is 2. The average Bonchev–Trinajstić information content (AvgIpc) is 3.42. The topological polar surface area (TPSA) is 109 Å². The molecule has 0 aliphatic rings. The van der Waals surface area contributed by atoms with Gasteiger partial charge in [0.25, 0.3) is 0 Å². The van der Waals surface area contributed by atoms with Gasteiger partial charge in [0.1, 0.15) is 17.1 Å². The molecule has 5 aromatic rings. The quantitative estimate of drug-likeness (QED) is 0.451. The maximum Gasteiger partial charge on any atom is 0.433 e. The molecule has 0 aromatic carbocycles. The van der Waals surface area contributed by atoms with E-state index in [4.69, 9.17) is 0 Å². The van der Waals surface area contributed by atoms with Crippen LogP contribution in [0, 0.1) is 6.92 Å². The number of rotatable bonds is 3. The van der Waals surface area contributed by atoms with Gasteiger partial charge in [-0.1, -0.05) is 6.07 Å². The first-order valence-corrected chi connectivity index (χ1v) is 9.13. The molecule has 11 heteroatoms. The fourth-order valence-corrected chi connectivity index (χ4v) is 3.27. The first-order chi connectivity index (χ1) is 14.9. The predicted octanol–water partition coefficient (Wildman–Crippen LogP) is 4.19. The highest BCUT2D eigenvalue weighted by molar-refractivity contribution is 5.84. The van der Waals surface area contributed by atoms with Crippen LogP contribution in [-0.2, 0) is 6.18 Å². The minimum Gasteiger partial charge on any atom is -0.273 e. The lowest BCUT2D eigenvalue weighted by atomic mass is 10.1. The third-order valence-electron chi connectivity index (χ3n) is 4.69. The number of hydrogen-bond donors (Lipinski definition) is 2. The molecule has 154 valence electrons. The van der Waals surface area contributed by atoms with Gasteiger partial charge in [-0.15, -0.1) is 0 Å². The number of hydrogen-bond acceptors (Lipinski definition) is 6. The summed E-state index contributed by atoms with van der Waals surface area (Å²) < 4.78 is 39.7. The summed E-state index contributed by atoms with van der Waals surface area (Å²) in [5.41, 5.74) is 3.10. The summed E-state index contributed by atoms with van der Waals surface area (Å²) in [6.45, 7) is 1.87. The fourth-order valence-electron chi connectivity index (χ4n) is 3.27. The van der Waals surface area contributed by atoms with E-state index in [1.54, 1.807) is 12.1 Å². The number of nitrogens with one attached hydrogen (secondary N) is 2. The summed E-state index contributed by atoms with van der Waals surface area (Å²) in [4.78, 5) is 13.3. The van der Waals surface area contributed by atoms with Gasteiger partial charge in [-0.2, -0.15) is 33.7 Å². The number of halogens is 3. The number of aromatic nitrogens is 8. The molecule has 5 rings (SSSR count). The maximum absolute atomic E-state index is 13.2. The van der Waals surface area contributed by atoms with Crippen LogP contribution in [0.15, 0.2) is 48.8 Å². The van der Waals surface area contributed by atoms with E-state index in [1.165, 1.54) is 12.3 Å². The Hall–Kier alpha value is -4.15. The van der Waals surface area contributed by atoms with Crippen molar-refractivity contribution < 1.29 is 13.2 Å². The number of nitrogens with zero attached hydrogens (tertiary/aromatic N) is 6. The Labute approximate surface area is 172 Å². The molecular formula is C20H13F3N8. The van der Waals surface area contributed by atoms with E-state index in [0.29, 0.717) is 33.8 Å². The summed E-state index contributed by atoms with van der Waals surface area (Å²) in [6.07, 6.45) is -2.08. The summed E-state index contributed by atoms with van der Waals surface area (Å²) >= 11 is 0. The number of H-pyrrole nitrogens is 2. The lowest BCUT2D eigenvalue weighted by Crippen LogP contribution is -2.07. The second kappa shape index (κ2) is 6.97. The maximum atomic E-state index is 13.2. The van der Waals surface area contributed by atoms with E-state index >= 15 is 0 Å². The van der Waals surface area contributed by atoms with E-state index in [9.17, 15) is 13.2 Å². The highest BCUT2D eigenvalue weighted by Crippen LogP contribution is 2.36. The van der Waals surface area contributed by atoms with Crippen LogP contribution in [0.4, 0.5) is 13.2 Å². The molecule has 0 saturated heterocycles. The van der Waals surface area contributed by atoms with Gasteiger partial charge in [0.15, 0.2) is 0 Å². The highest BCUT2D eigenvalue weighted by atomic mass is 19.4. The van der Waals surface area contributed by atoms with E-state index in [1.807, 2.05) is 30.2 Å². The zero-order valence-corrected chi connectivity index (χ0v) is 15.9. The molecule has 0 fully saturated rings. The van der Waals surface area contributed by atoms with Gasteiger partial charge in [-0.3, -0.25) is 15.1 Å². The van der Waals surface area contributed by atoms with Gasteiger partial charge < -0.3 is 0 Å². The molecule has 0 aliphatic heterocycles. The van der Waals surface area contributed by atoms with Crippen molar-refractivity contribution in [1.82, 2.24) is 40.6 Å². The van der Waals surface area contributed by atoms with Gasteiger partial charge in [0.05, 0.1) is 28.6 Å². The minimum atomic E-state index is -4.56. The van der Waals surface area contributed by atoms with Crippen molar-refractivity contribution in [2.45, 2.75) is 13.1 Å². The molecule has 31 heavy (non-hydrogen) atoms. The fraction of sp³-hybridized carbons (Fsp3) is 0.100. The van der Waals surface area contributed by atoms with E-state index in [0.717, 1.165) is 11.9 Å². The summed E-state index contributed by atoms with van der Waals surface area (Å²) in [5.74, 6) is 0. The monoisotopic (exact) mass is 422 g/mol. The Bertz CT molecular complexity index is 1400. The molecular weight excluding hydrogens is 409 g/mol. The van der Waals surface area contributed by atoms with Crippen LogP contribution in [0.25, 0.3) is 44.9 Å². The van der Waals surface area contributed by atoms with Crippen LogP contribution in [0.2, 0.25) is 0 Å². The molecule has 0 spiro atoms. The zero-order valence-electron chi connectivity index (χ0n) is 15.9. The summed E-state index contributed by atoms with van der Waals surface area (Å²) in [5, 5.41) is 16.5. The zero-order chi connectivity index (χ0) is 21.6. The van der Waals surface area contributed by atoms with Crippen molar-refractivity contribution in [3.05, 3.63) is 60.2 Å². The number of pyridine rings is 3. The average molecular weight is 422 g/mol. The number of fused-ring (bicyclic) bond motifs is 1. The standard InChI is InChI=1S/C20H13F3N8/c1-10-3-2-4-14(26-10)17-18(29-31-28-17)15-6-5-13-16(27-15)7-11(8-24-13)12-9-25-30-19(12)20(21,22)23/h2-9H,1H3,(H,25,30)(H,28,29,31). The molecule has 0 aliphatic carbocycles. The van der Waals surface area contributed by atoms with Crippen LogP contribution in [0.3, 0.4) is 0 Å². The van der Waals surface area contributed by atoms with Crippen molar-refractivity contribution in [1.29, 1.82) is 0 Å². The summed E-state index contributed by atoms with van der Waals surface area (Å²) in [6, 6.07) is 10.5. The van der Waals surface area contributed by atoms with E-state index in [-0.39, 0.29) is 11.1 Å². The highest BCUT2D eigenvalue weighted by Gasteiger charge is 2.36. The largest absolute Gasteiger partial charge is 0.433 e. The molecule has 5 aromatic heterocycles. The minimum absolute atomic E-state index is 0.0970. The van der Waals surface area contributed by atoms with Gasteiger partial charge in [-0.25, -0.2) is 4.98 Å². The smallest absolute Gasteiger partial charge is 0.273 e. The molecule has 0 atom stereocenters. The second-order valence-corrected chi connectivity index (χ2v) is 6.80. The molecule has 0 radical (unpaired) electrons. The van der Waals surface area contributed by atoms with E-state index in [2.05, 4.69) is 35.5 Å². The molecule has 0 unspecified atom stereocenters. The molecule has 5 heterocycles. The lowest BCUT2D eigenvalue weighted by molar-refractivity contribution is -0.140. The van der Waals surface area contributed by atoms with Crippen LogP contribution in [0.5, 0.6) is 0 Å². The van der Waals surface area contributed by atoms with Crippen molar-refractivity contribution in [2.75, 3.05) is 0 Å². The predicted molar refractivity (Wildman–Crippen MR) is 105 cm³/mol. The van der Waals surface area contributed by atoms with Crippen LogP contribution in [0.1, 0.15) is 11.4 Å². The second-order valence-electron chi connectivity index (χ2n) is 6.80. The van der Waals surface area contributed by atoms with Crippen molar-refractivity contribution in [3.8, 4) is 33.9 Å². The lowest BCUT2D eigenvalue weighted by Gasteiger charge is -2.08. The molecule has 0 saturated carbocycles. The molecule has 0 bridgehead atoms. The Morgan fingerprint density at radius 2 is 1.65 bits per heavy atom. The van der Waals surface area contributed by atoms with Crippen molar-refractivity contribution in [3.63, 3.8) is 0 Å². The Kier molecular flexibility index (Phi) is 4.24. The molecule has 2 N–H and O–H groups in total. The van der Waals surface area contributed by atoms with Gasteiger partial charge >= 0.3 is 6.18 Å². The third kappa shape index (κ3) is 3.39. The summed E-state index contributed by atoms with van der Waals surface area (Å²) in [7, 11) is 0. The Balaban J connectivity index is 1.61. The van der Waals surface area contributed by atoms with Crippen LogP contribution < -0.4 is 0 Å². The van der Waals surface area contributed by atoms with Crippen molar-refractivity contribution >= 4 is 11.0 Å². The molecule has 8 nitrogen and oxygen atoms in total. The van der Waals surface area contributed by atoms with Crippen LogP contribution in [-0.4, -0.2) is 40.6 Å². The van der Waals surface area contributed by atoms with Gasteiger partial charge in [0.2, 0.25) is 0 Å². The Morgan fingerprint density at radius 3 is 2.39 bits per heavy atom. The number of alkyl halides is 3. The number of aryl methyl sites for hydroxylation is 1. The van der Waals surface area contributed by atoms with Gasteiger partial charge in [0, 0.05) is 23.0 Å². The van der Waals surface area contributed by atoms with Crippen molar-refractivity contribution in [2.24, 2.45) is 0 Å². The normalized spacial score (nSPS) is 11.9.